The van der Waals surface area contributed by atoms with Crippen LogP contribution in [0.4, 0.5) is 0 Å². The quantitative estimate of drug-likeness (QED) is 0.885. The second kappa shape index (κ2) is 4.17. The van der Waals surface area contributed by atoms with E-state index in [1.807, 2.05) is 22.9 Å². The third-order valence-electron chi connectivity index (χ3n) is 2.04. The largest absolute Gasteiger partial charge is 0.371 e. The first kappa shape index (κ1) is 11.0. The van der Waals surface area contributed by atoms with E-state index >= 15 is 0 Å². The molecule has 5 heteroatoms. The molecule has 0 atom stereocenters. The average molecular weight is 303 g/mol. The molecule has 0 unspecified atom stereocenters. The van der Waals surface area contributed by atoms with E-state index in [4.69, 9.17) is 0 Å². The molecule has 78 valence electrons. The van der Waals surface area contributed by atoms with Crippen molar-refractivity contribution < 1.29 is 9.90 Å². The van der Waals surface area contributed by atoms with Crippen LogP contribution >= 0.6 is 38.6 Å². The van der Waals surface area contributed by atoms with E-state index in [0.29, 0.717) is 9.75 Å². The summed E-state index contributed by atoms with van der Waals surface area (Å²) in [5, 5.41) is 14.1. The Hall–Kier alpha value is -0.490. The Labute approximate surface area is 103 Å². The summed E-state index contributed by atoms with van der Waals surface area (Å²) in [6, 6.07) is 7.14. The fourth-order valence-electron chi connectivity index (χ4n) is 1.28. The van der Waals surface area contributed by atoms with E-state index in [-0.39, 0.29) is 0 Å². The molecule has 0 bridgehead atoms. The van der Waals surface area contributed by atoms with E-state index in [9.17, 15) is 9.90 Å². The van der Waals surface area contributed by atoms with Crippen LogP contribution in [0.15, 0.2) is 35.0 Å². The molecule has 2 heterocycles. The Balaban J connectivity index is 2.56. The lowest BCUT2D eigenvalue weighted by Crippen LogP contribution is -2.31. The van der Waals surface area contributed by atoms with Crippen LogP contribution in [-0.2, 0) is 10.4 Å². The molecule has 2 aromatic rings. The van der Waals surface area contributed by atoms with E-state index < -0.39 is 10.3 Å². The Bertz CT molecular complexity index is 413. The number of carbonyl (C=O) groups excluding carboxylic acids is 1. The van der Waals surface area contributed by atoms with Gasteiger partial charge in [-0.3, -0.25) is 4.79 Å². The van der Waals surface area contributed by atoms with Gasteiger partial charge < -0.3 is 5.11 Å². The van der Waals surface area contributed by atoms with Gasteiger partial charge in [0.2, 0.25) is 10.3 Å². The Morgan fingerprint density at radius 2 is 1.67 bits per heavy atom. The van der Waals surface area contributed by atoms with Gasteiger partial charge in [-0.05, 0) is 38.8 Å². The van der Waals surface area contributed by atoms with Crippen LogP contribution in [0, 0.1) is 0 Å². The molecule has 0 aliphatic carbocycles. The smallest absolute Gasteiger partial charge is 0.240 e. The van der Waals surface area contributed by atoms with E-state index in [0.717, 1.165) is 0 Å². The topological polar surface area (TPSA) is 37.3 Å². The highest BCUT2D eigenvalue weighted by molar-refractivity contribution is 9.18. The third kappa shape index (κ3) is 1.80. The summed E-state index contributed by atoms with van der Waals surface area (Å²) in [6.07, 6.45) is 0. The maximum absolute atomic E-state index is 11.5. The molecule has 2 aromatic heterocycles. The van der Waals surface area contributed by atoms with Crippen molar-refractivity contribution in [3.8, 4) is 0 Å². The van der Waals surface area contributed by atoms with Crippen LogP contribution in [0.1, 0.15) is 9.75 Å². The van der Waals surface area contributed by atoms with E-state index in [1.54, 1.807) is 12.1 Å². The summed E-state index contributed by atoms with van der Waals surface area (Å²) in [7, 11) is 0. The van der Waals surface area contributed by atoms with Gasteiger partial charge in [-0.25, -0.2) is 0 Å². The Kier molecular flexibility index (Phi) is 3.06. The van der Waals surface area contributed by atoms with Crippen molar-refractivity contribution in [3.05, 3.63) is 44.8 Å². The maximum atomic E-state index is 11.5. The summed E-state index contributed by atoms with van der Waals surface area (Å²) in [4.78, 5) is 12.8. The molecule has 2 rings (SSSR count). The monoisotopic (exact) mass is 302 g/mol. The maximum Gasteiger partial charge on any atom is 0.240 e. The SMILES string of the molecule is O=C(Br)C(O)(c1cccs1)c1cccs1. The Morgan fingerprint density at radius 3 is 1.93 bits per heavy atom. The molecule has 0 spiro atoms. The van der Waals surface area contributed by atoms with Crippen molar-refractivity contribution in [2.24, 2.45) is 0 Å². The van der Waals surface area contributed by atoms with Gasteiger partial charge in [-0.1, -0.05) is 12.1 Å². The number of halogens is 1. The van der Waals surface area contributed by atoms with Crippen molar-refractivity contribution >= 4 is 43.3 Å². The number of carbonyl (C=O) groups is 1. The third-order valence-corrected chi connectivity index (χ3v) is 4.57. The molecule has 1 N–H and O–H groups in total. The van der Waals surface area contributed by atoms with Crippen LogP contribution in [0.3, 0.4) is 0 Å². The predicted molar refractivity (Wildman–Crippen MR) is 65.6 cm³/mol. The van der Waals surface area contributed by atoms with Gasteiger partial charge in [-0.2, -0.15) is 0 Å². The van der Waals surface area contributed by atoms with Gasteiger partial charge in [0, 0.05) is 0 Å². The van der Waals surface area contributed by atoms with Crippen LogP contribution in [0.25, 0.3) is 0 Å². The number of thiophene rings is 2. The highest BCUT2D eigenvalue weighted by Crippen LogP contribution is 2.37. The lowest BCUT2D eigenvalue weighted by atomic mass is 10.0. The number of rotatable bonds is 3. The number of aliphatic hydroxyl groups is 1. The van der Waals surface area contributed by atoms with Gasteiger partial charge in [0.05, 0.1) is 9.75 Å². The second-order valence-corrected chi connectivity index (χ2v) is 5.55. The highest BCUT2D eigenvalue weighted by atomic mass is 79.9. The van der Waals surface area contributed by atoms with Crippen molar-refractivity contribution in [3.63, 3.8) is 0 Å². The molecule has 0 fully saturated rings. The second-order valence-electron chi connectivity index (χ2n) is 2.94. The molecule has 0 aliphatic heterocycles. The number of hydrogen-bond donors (Lipinski definition) is 1. The predicted octanol–water partition coefficient (Wildman–Crippen LogP) is 2.97. The van der Waals surface area contributed by atoms with Crippen LogP contribution in [0.5, 0.6) is 0 Å². The van der Waals surface area contributed by atoms with Crippen LogP contribution < -0.4 is 0 Å². The first-order valence-electron chi connectivity index (χ1n) is 4.16. The van der Waals surface area contributed by atoms with Gasteiger partial charge in [0.15, 0.2) is 0 Å². The minimum absolute atomic E-state index is 0.431. The summed E-state index contributed by atoms with van der Waals surface area (Å²) >= 11 is 5.59. The van der Waals surface area contributed by atoms with Crippen molar-refractivity contribution in [1.29, 1.82) is 0 Å². The van der Waals surface area contributed by atoms with Crippen molar-refractivity contribution in [2.75, 3.05) is 0 Å². The van der Waals surface area contributed by atoms with Crippen LogP contribution in [0.2, 0.25) is 0 Å². The summed E-state index contributed by atoms with van der Waals surface area (Å²) in [5.41, 5.74) is -1.54. The summed E-state index contributed by atoms with van der Waals surface area (Å²) in [5.74, 6) is 0. The highest BCUT2D eigenvalue weighted by Gasteiger charge is 2.40. The first-order valence-corrected chi connectivity index (χ1v) is 6.71. The minimum atomic E-state index is -1.54. The van der Waals surface area contributed by atoms with E-state index in [2.05, 4.69) is 15.9 Å². The van der Waals surface area contributed by atoms with Gasteiger partial charge in [-0.15, -0.1) is 22.7 Å². The minimum Gasteiger partial charge on any atom is -0.371 e. The van der Waals surface area contributed by atoms with Gasteiger partial charge in [0.25, 0.3) is 0 Å². The lowest BCUT2D eigenvalue weighted by molar-refractivity contribution is -0.123. The van der Waals surface area contributed by atoms with Gasteiger partial charge in [0.1, 0.15) is 0 Å². The summed E-state index contributed by atoms with van der Waals surface area (Å²) < 4.78 is -0.431. The zero-order valence-corrected chi connectivity index (χ0v) is 10.7. The molecule has 0 aliphatic rings. The Morgan fingerprint density at radius 1 is 1.20 bits per heavy atom. The standard InChI is InChI=1S/C10H7BrO2S2/c11-9(12)10(13,7-3-1-5-14-7)8-4-2-6-15-8/h1-6,13H. The van der Waals surface area contributed by atoms with E-state index in [1.165, 1.54) is 22.7 Å². The normalized spacial score (nSPS) is 11.6. The lowest BCUT2D eigenvalue weighted by Gasteiger charge is -2.21. The molecule has 0 aromatic carbocycles. The fraction of sp³-hybridized carbons (Fsp3) is 0.100. The molecule has 0 amide bonds. The number of hydrogen-bond acceptors (Lipinski definition) is 4. The molecule has 0 saturated heterocycles. The van der Waals surface area contributed by atoms with Crippen LogP contribution in [-0.4, -0.2) is 9.80 Å². The molecular formula is C10H7BrO2S2. The first-order chi connectivity index (χ1) is 7.15. The fourth-order valence-corrected chi connectivity index (χ4v) is 3.71. The summed E-state index contributed by atoms with van der Waals surface area (Å²) in [6.45, 7) is 0. The molecule has 2 nitrogen and oxygen atoms in total. The zero-order valence-electron chi connectivity index (χ0n) is 7.51. The molecular weight excluding hydrogens is 296 g/mol. The average Bonchev–Trinajstić information content (AvgIpc) is 2.89. The molecule has 0 saturated carbocycles. The zero-order chi connectivity index (χ0) is 10.9. The van der Waals surface area contributed by atoms with Crippen molar-refractivity contribution in [2.45, 2.75) is 5.60 Å². The van der Waals surface area contributed by atoms with Gasteiger partial charge >= 0.3 is 0 Å². The van der Waals surface area contributed by atoms with Crippen molar-refractivity contribution in [1.82, 2.24) is 0 Å². The molecule has 0 radical (unpaired) electrons. The molecule has 15 heavy (non-hydrogen) atoms.